The summed E-state index contributed by atoms with van der Waals surface area (Å²) in [7, 11) is 0. The van der Waals surface area contributed by atoms with Crippen LogP contribution in [0.4, 0.5) is 39.5 Å². The van der Waals surface area contributed by atoms with Crippen LogP contribution >= 0.6 is 0 Å². The minimum absolute atomic E-state index is 0.160. The van der Waals surface area contributed by atoms with Crippen molar-refractivity contribution in [1.82, 2.24) is 0 Å². The van der Waals surface area contributed by atoms with Gasteiger partial charge in [-0.15, -0.1) is 0 Å². The normalized spacial score (nSPS) is 13.3. The lowest BCUT2D eigenvalue weighted by atomic mass is 9.82. The fourth-order valence-electron chi connectivity index (χ4n) is 7.02. The van der Waals surface area contributed by atoms with Crippen LogP contribution in [0, 0.1) is 71.0 Å². The Morgan fingerprint density at radius 2 is 0.755 bits per heavy atom. The molecule has 0 saturated carbocycles. The number of halogens is 9. The molecule has 0 aromatic heterocycles. The molecular weight excluding hydrogens is 715 g/mol. The van der Waals surface area contributed by atoms with Crippen molar-refractivity contribution in [3.05, 3.63) is 0 Å². The Labute approximate surface area is 318 Å². The van der Waals surface area contributed by atoms with E-state index in [2.05, 4.69) is 74.3 Å². The van der Waals surface area contributed by atoms with Gasteiger partial charge in [0.15, 0.2) is 0 Å². The summed E-state index contributed by atoms with van der Waals surface area (Å²) in [6, 6.07) is 0. The Kier molecular flexibility index (Phi) is 35.9. The van der Waals surface area contributed by atoms with Crippen molar-refractivity contribution in [2.24, 2.45) is 71.0 Å². The molecule has 0 radical (unpaired) electrons. The number of hydrogen-bond acceptors (Lipinski definition) is 4. The maximum absolute atomic E-state index is 12.0. The van der Waals surface area contributed by atoms with Gasteiger partial charge in [0.25, 0.3) is 0 Å². The van der Waals surface area contributed by atoms with Gasteiger partial charge in [0.1, 0.15) is 6.61 Å². The topological polar surface area (TPSA) is 36.9 Å². The summed E-state index contributed by atoms with van der Waals surface area (Å²) in [4.78, 5) is 0. The number of ether oxygens (including phenoxy) is 4. The first-order valence-electron chi connectivity index (χ1n) is 19.4. The number of hydrogen-bond donors (Lipinski definition) is 0. The van der Waals surface area contributed by atoms with Crippen molar-refractivity contribution in [2.75, 3.05) is 26.4 Å². The van der Waals surface area contributed by atoms with Gasteiger partial charge in [-0.05, 0) is 90.8 Å². The van der Waals surface area contributed by atoms with Crippen LogP contribution in [0.1, 0.15) is 131 Å². The molecular formula is C40H79F9O4. The van der Waals surface area contributed by atoms with E-state index in [1.807, 2.05) is 55.4 Å². The zero-order valence-corrected chi connectivity index (χ0v) is 36.0. The zero-order chi connectivity index (χ0) is 42.8. The first-order valence-corrected chi connectivity index (χ1v) is 19.4. The third-order valence-corrected chi connectivity index (χ3v) is 9.51. The van der Waals surface area contributed by atoms with Crippen molar-refractivity contribution in [1.29, 1.82) is 0 Å². The molecule has 13 heteroatoms. The lowest BCUT2D eigenvalue weighted by molar-refractivity contribution is -0.179. The molecule has 1 atom stereocenters. The van der Waals surface area contributed by atoms with E-state index in [-0.39, 0.29) is 37.8 Å². The maximum atomic E-state index is 12.0. The summed E-state index contributed by atoms with van der Waals surface area (Å²) in [5, 5.41) is 0. The Morgan fingerprint density at radius 3 is 1.02 bits per heavy atom. The Morgan fingerprint density at radius 1 is 0.415 bits per heavy atom. The maximum Gasteiger partial charge on any atom is 0.411 e. The van der Waals surface area contributed by atoms with Gasteiger partial charge in [-0.1, -0.05) is 111 Å². The average Bonchev–Trinajstić information content (AvgIpc) is 2.93. The highest BCUT2D eigenvalue weighted by Gasteiger charge is 2.28. The molecule has 1 unspecified atom stereocenters. The second-order valence-corrected chi connectivity index (χ2v) is 16.6. The number of alkyl halides is 9. The second-order valence-electron chi connectivity index (χ2n) is 16.6. The summed E-state index contributed by atoms with van der Waals surface area (Å²) < 4.78 is 124. The molecule has 0 rings (SSSR count). The van der Waals surface area contributed by atoms with E-state index >= 15 is 0 Å². The lowest BCUT2D eigenvalue weighted by Crippen LogP contribution is -2.31. The third kappa shape index (κ3) is 36.6. The van der Waals surface area contributed by atoms with E-state index < -0.39 is 32.6 Å². The molecule has 0 bridgehead atoms. The molecule has 0 saturated heterocycles. The summed E-state index contributed by atoms with van der Waals surface area (Å²) in [5.41, 5.74) is 0. The SMILES string of the molecule is CC(C)C(C(C)C)C(C)OC(F)F.CC(C)C(CCOC(F)F)C(C)C.CC(C)C(CCOCC(F)(F)F)C(C)C.CC(C)C(COC(F)F)C(C)C. The van der Waals surface area contributed by atoms with E-state index in [4.69, 9.17) is 0 Å². The fraction of sp³-hybridized carbons (Fsp3) is 1.00. The van der Waals surface area contributed by atoms with Gasteiger partial charge in [-0.25, -0.2) is 0 Å². The highest BCUT2D eigenvalue weighted by Crippen LogP contribution is 2.28. The molecule has 326 valence electrons. The van der Waals surface area contributed by atoms with Crippen LogP contribution in [0.15, 0.2) is 0 Å². The van der Waals surface area contributed by atoms with Crippen molar-refractivity contribution < 1.29 is 58.5 Å². The molecule has 53 heavy (non-hydrogen) atoms. The van der Waals surface area contributed by atoms with Crippen molar-refractivity contribution in [2.45, 2.75) is 163 Å². The molecule has 0 aliphatic rings. The van der Waals surface area contributed by atoms with Crippen LogP contribution in [0.25, 0.3) is 0 Å². The van der Waals surface area contributed by atoms with Crippen LogP contribution in [-0.4, -0.2) is 58.5 Å². The van der Waals surface area contributed by atoms with Gasteiger partial charge in [-0.2, -0.15) is 39.5 Å². The van der Waals surface area contributed by atoms with E-state index in [0.29, 0.717) is 65.6 Å². The van der Waals surface area contributed by atoms with Crippen LogP contribution < -0.4 is 0 Å². The van der Waals surface area contributed by atoms with Gasteiger partial charge >= 0.3 is 26.0 Å². The smallest absolute Gasteiger partial charge is 0.372 e. The quantitative estimate of drug-likeness (QED) is 0.0808. The number of rotatable bonds is 22. The van der Waals surface area contributed by atoms with E-state index in [9.17, 15) is 39.5 Å². The van der Waals surface area contributed by atoms with E-state index in [1.165, 1.54) is 0 Å². The summed E-state index contributed by atoms with van der Waals surface area (Å²) in [5.74, 6) is 4.86. The Bertz CT molecular complexity index is 759. The Hall–Kier alpha value is -0.790. The Balaban J connectivity index is -0.000000303. The average molecular weight is 795 g/mol. The van der Waals surface area contributed by atoms with Gasteiger partial charge in [-0.3, -0.25) is 0 Å². The third-order valence-electron chi connectivity index (χ3n) is 9.51. The first-order chi connectivity index (χ1) is 24.0. The standard InChI is InChI=1S/C11H21F3O.2C10H20F2O.C9H18F2O/c1-8(2)10(9(3)4)5-6-15-7-11(12,13)14;1-7(2)9(8(3)4)5-6-13-10(11)12;1-6(2)9(7(3)4)8(5)13-10(11)12;1-6(2)8(7(3)4)5-12-9(10)11/h8-10H,5-7H2,1-4H3;7-10H,5-6H2,1-4H3;6-10H,1-5H3;6-9H,5H2,1-4H3. The molecule has 0 heterocycles. The zero-order valence-electron chi connectivity index (χ0n) is 36.0. The predicted octanol–water partition coefficient (Wildman–Crippen LogP) is 14.1. The van der Waals surface area contributed by atoms with Gasteiger partial charge < -0.3 is 18.9 Å². The monoisotopic (exact) mass is 795 g/mol. The molecule has 0 amide bonds. The molecule has 4 nitrogen and oxygen atoms in total. The highest BCUT2D eigenvalue weighted by atomic mass is 19.4. The van der Waals surface area contributed by atoms with E-state index in [0.717, 1.165) is 6.42 Å². The van der Waals surface area contributed by atoms with Crippen molar-refractivity contribution >= 4 is 0 Å². The van der Waals surface area contributed by atoms with Crippen molar-refractivity contribution in [3.63, 3.8) is 0 Å². The van der Waals surface area contributed by atoms with E-state index in [1.54, 1.807) is 6.92 Å². The summed E-state index contributed by atoms with van der Waals surface area (Å²) in [6.07, 6.45) is -3.16. The van der Waals surface area contributed by atoms with Crippen molar-refractivity contribution in [3.8, 4) is 0 Å². The van der Waals surface area contributed by atoms with Crippen LogP contribution in [-0.2, 0) is 18.9 Å². The van der Waals surface area contributed by atoms with Gasteiger partial charge in [0, 0.05) is 6.61 Å². The van der Waals surface area contributed by atoms with Gasteiger partial charge in [0.2, 0.25) is 0 Å². The summed E-state index contributed by atoms with van der Waals surface area (Å²) in [6.45, 7) is 26.3. The molecule has 0 aliphatic heterocycles. The highest BCUT2D eigenvalue weighted by molar-refractivity contribution is 4.73. The van der Waals surface area contributed by atoms with Gasteiger partial charge in [0.05, 0.1) is 19.3 Å². The van der Waals surface area contributed by atoms with Crippen LogP contribution in [0.3, 0.4) is 0 Å². The molecule has 0 aliphatic carbocycles. The second kappa shape index (κ2) is 32.3. The molecule has 0 aromatic rings. The summed E-state index contributed by atoms with van der Waals surface area (Å²) >= 11 is 0. The molecule has 0 N–H and O–H groups in total. The minimum atomic E-state index is -4.20. The minimum Gasteiger partial charge on any atom is -0.372 e. The largest absolute Gasteiger partial charge is 0.411 e. The van der Waals surface area contributed by atoms with Crippen LogP contribution in [0.2, 0.25) is 0 Å². The lowest BCUT2D eigenvalue weighted by Gasteiger charge is -2.30. The first kappa shape index (κ1) is 58.9. The fourth-order valence-corrected chi connectivity index (χ4v) is 7.02. The molecule has 0 fully saturated rings. The molecule has 0 aromatic carbocycles. The molecule has 0 spiro atoms. The predicted molar refractivity (Wildman–Crippen MR) is 199 cm³/mol. The van der Waals surface area contributed by atoms with Crippen LogP contribution in [0.5, 0.6) is 0 Å².